The van der Waals surface area contributed by atoms with Gasteiger partial charge in [0.25, 0.3) is 11.5 Å². The maximum Gasteiger partial charge on any atom is 0.270 e. The molecule has 0 atom stereocenters. The number of nitriles is 1. The quantitative estimate of drug-likeness (QED) is 0.233. The minimum atomic E-state index is -0.249. The number of hydrogen-bond donors (Lipinski definition) is 0. The maximum absolute atomic E-state index is 13.3. The van der Waals surface area contributed by atoms with Crippen LogP contribution in [0.4, 0.5) is 5.82 Å². The predicted molar refractivity (Wildman–Crippen MR) is 153 cm³/mol. The van der Waals surface area contributed by atoms with Gasteiger partial charge in [-0.05, 0) is 37.9 Å². The van der Waals surface area contributed by atoms with Crippen molar-refractivity contribution in [1.82, 2.24) is 14.4 Å². The molecule has 2 fully saturated rings. The SMILES string of the molecule is CCCCCCCN1C(=O)C(=Cc2c(C)c(C#N)c(=O)n(CCC)c2N2CCN(CC)CC2)SC1=S. The second-order valence-corrected chi connectivity index (χ2v) is 11.2. The number of carbonyl (C=O) groups is 1. The monoisotopic (exact) mass is 529 g/mol. The van der Waals surface area contributed by atoms with E-state index in [0.29, 0.717) is 27.9 Å². The van der Waals surface area contributed by atoms with Gasteiger partial charge in [-0.25, -0.2) is 0 Å². The van der Waals surface area contributed by atoms with Gasteiger partial charge in [0.15, 0.2) is 0 Å². The second kappa shape index (κ2) is 13.4. The number of piperazine rings is 1. The maximum atomic E-state index is 13.3. The molecular weight excluding hydrogens is 490 g/mol. The van der Waals surface area contributed by atoms with Crippen molar-refractivity contribution >= 4 is 46.1 Å². The van der Waals surface area contributed by atoms with Crippen molar-refractivity contribution in [2.24, 2.45) is 0 Å². The second-order valence-electron chi connectivity index (χ2n) is 9.47. The van der Waals surface area contributed by atoms with Crippen LogP contribution in [0.5, 0.6) is 0 Å². The number of amides is 1. The normalized spacial score (nSPS) is 17.9. The zero-order chi connectivity index (χ0) is 26.2. The average molecular weight is 530 g/mol. The Kier molecular flexibility index (Phi) is 10.6. The first-order valence-corrected chi connectivity index (χ1v) is 14.5. The van der Waals surface area contributed by atoms with Gasteiger partial charge in [-0.2, -0.15) is 5.26 Å². The van der Waals surface area contributed by atoms with E-state index in [4.69, 9.17) is 12.2 Å². The van der Waals surface area contributed by atoms with Crippen molar-refractivity contribution in [3.8, 4) is 6.07 Å². The summed E-state index contributed by atoms with van der Waals surface area (Å²) < 4.78 is 2.33. The van der Waals surface area contributed by atoms with Crippen LogP contribution < -0.4 is 10.5 Å². The first-order valence-electron chi connectivity index (χ1n) is 13.3. The number of unbranched alkanes of at least 4 members (excludes halogenated alkanes) is 4. The van der Waals surface area contributed by atoms with Crippen LogP contribution in [0, 0.1) is 18.3 Å². The summed E-state index contributed by atoms with van der Waals surface area (Å²) in [4.78, 5) is 33.6. The van der Waals surface area contributed by atoms with Crippen LogP contribution >= 0.6 is 24.0 Å². The molecule has 2 aliphatic rings. The van der Waals surface area contributed by atoms with Crippen LogP contribution in [-0.2, 0) is 11.3 Å². The molecule has 0 spiro atoms. The molecular formula is C27H39N5O2S2. The zero-order valence-electron chi connectivity index (χ0n) is 22.1. The first kappa shape index (κ1) is 28.4. The van der Waals surface area contributed by atoms with E-state index in [9.17, 15) is 14.9 Å². The standard InChI is InChI=1S/C27H39N5O2S2/c1-5-8-9-10-11-13-32-26(34)23(36-27(32)35)18-21-20(4)22(19-28)25(33)31(12-6-2)24(21)30-16-14-29(7-3)15-17-30/h18H,5-17H2,1-4H3. The van der Waals surface area contributed by atoms with Crippen molar-refractivity contribution in [1.29, 1.82) is 5.26 Å². The number of pyridine rings is 1. The summed E-state index contributed by atoms with van der Waals surface area (Å²) in [5, 5.41) is 9.83. The van der Waals surface area contributed by atoms with Gasteiger partial charge in [0.2, 0.25) is 0 Å². The Labute approximate surface area is 225 Å². The molecule has 0 radical (unpaired) electrons. The minimum Gasteiger partial charge on any atom is -0.355 e. The molecule has 9 heteroatoms. The summed E-state index contributed by atoms with van der Waals surface area (Å²) in [5.41, 5.74) is 1.32. The van der Waals surface area contributed by atoms with Gasteiger partial charge in [0.05, 0.1) is 4.91 Å². The van der Waals surface area contributed by atoms with Gasteiger partial charge in [0.1, 0.15) is 21.8 Å². The van der Waals surface area contributed by atoms with Crippen LogP contribution in [0.3, 0.4) is 0 Å². The summed E-state index contributed by atoms with van der Waals surface area (Å²) in [7, 11) is 0. The number of likely N-dealkylation sites (N-methyl/N-ethyl adjacent to an activating group) is 1. The fourth-order valence-corrected chi connectivity index (χ4v) is 6.18. The molecule has 0 saturated carbocycles. The molecule has 7 nitrogen and oxygen atoms in total. The lowest BCUT2D eigenvalue weighted by molar-refractivity contribution is -0.122. The third kappa shape index (κ3) is 6.21. The highest BCUT2D eigenvalue weighted by atomic mass is 32.2. The van der Waals surface area contributed by atoms with Crippen LogP contribution in [0.1, 0.15) is 76.0 Å². The number of rotatable bonds is 11. The molecule has 2 aliphatic heterocycles. The van der Waals surface area contributed by atoms with Crippen LogP contribution in [0.15, 0.2) is 9.70 Å². The third-order valence-electron chi connectivity index (χ3n) is 7.05. The number of hydrogen-bond acceptors (Lipinski definition) is 7. The van der Waals surface area contributed by atoms with Crippen LogP contribution in [0.25, 0.3) is 6.08 Å². The van der Waals surface area contributed by atoms with Crippen molar-refractivity contribution in [2.75, 3.05) is 44.2 Å². The molecule has 1 aromatic heterocycles. The average Bonchev–Trinajstić information content (AvgIpc) is 3.14. The highest BCUT2D eigenvalue weighted by Crippen LogP contribution is 2.36. The summed E-state index contributed by atoms with van der Waals surface area (Å²) >= 11 is 6.89. The topological polar surface area (TPSA) is 72.6 Å². The predicted octanol–water partition coefficient (Wildman–Crippen LogP) is 4.75. The van der Waals surface area contributed by atoms with Crippen molar-refractivity contribution in [3.05, 3.63) is 31.9 Å². The lowest BCUT2D eigenvalue weighted by atomic mass is 10.0. The zero-order valence-corrected chi connectivity index (χ0v) is 23.8. The molecule has 0 aliphatic carbocycles. The van der Waals surface area contributed by atoms with Crippen LogP contribution in [-0.4, -0.2) is 63.9 Å². The Morgan fingerprint density at radius 2 is 1.69 bits per heavy atom. The largest absolute Gasteiger partial charge is 0.355 e. The van der Waals surface area contributed by atoms with Gasteiger partial charge in [-0.3, -0.25) is 19.1 Å². The molecule has 0 unspecified atom stereocenters. The van der Waals surface area contributed by atoms with E-state index >= 15 is 0 Å². The summed E-state index contributed by atoms with van der Waals surface area (Å²) in [6, 6.07) is 2.13. The van der Waals surface area contributed by atoms with E-state index < -0.39 is 0 Å². The number of carbonyl (C=O) groups excluding carboxylic acids is 1. The molecule has 1 amide bonds. The van der Waals surface area contributed by atoms with Crippen LogP contribution in [0.2, 0.25) is 0 Å². The smallest absolute Gasteiger partial charge is 0.270 e. The Hall–Kier alpha value is -2.15. The lowest BCUT2D eigenvalue weighted by Gasteiger charge is -2.37. The molecule has 36 heavy (non-hydrogen) atoms. The lowest BCUT2D eigenvalue weighted by Crippen LogP contribution is -2.48. The molecule has 3 rings (SSSR count). The Morgan fingerprint density at radius 3 is 2.31 bits per heavy atom. The number of thioether (sulfide) groups is 1. The Bertz CT molecular complexity index is 1100. The van der Waals surface area contributed by atoms with E-state index in [1.54, 1.807) is 9.47 Å². The third-order valence-corrected chi connectivity index (χ3v) is 8.42. The molecule has 3 heterocycles. The Balaban J connectivity index is 2.02. The van der Waals surface area contributed by atoms with E-state index in [-0.39, 0.29) is 17.0 Å². The highest BCUT2D eigenvalue weighted by Gasteiger charge is 2.33. The first-order chi connectivity index (χ1) is 17.4. The van der Waals surface area contributed by atoms with Gasteiger partial charge in [0, 0.05) is 44.8 Å². The van der Waals surface area contributed by atoms with Gasteiger partial charge >= 0.3 is 0 Å². The number of aromatic nitrogens is 1. The number of thiocarbonyl (C=S) groups is 1. The Morgan fingerprint density at radius 1 is 1.00 bits per heavy atom. The van der Waals surface area contributed by atoms with E-state index in [2.05, 4.69) is 29.7 Å². The van der Waals surface area contributed by atoms with Gasteiger partial charge in [-0.1, -0.05) is 70.4 Å². The number of anilines is 1. The fraction of sp³-hybridized carbons (Fsp3) is 0.630. The molecule has 0 N–H and O–H groups in total. The molecule has 0 bridgehead atoms. The molecule has 0 aromatic carbocycles. The summed E-state index contributed by atoms with van der Waals surface area (Å²) in [6.07, 6.45) is 8.24. The van der Waals surface area contributed by atoms with E-state index in [1.165, 1.54) is 31.0 Å². The minimum absolute atomic E-state index is 0.0756. The highest BCUT2D eigenvalue weighted by molar-refractivity contribution is 8.26. The number of nitrogens with zero attached hydrogens (tertiary/aromatic N) is 5. The molecule has 2 saturated heterocycles. The molecule has 1 aromatic rings. The van der Waals surface area contributed by atoms with Crippen molar-refractivity contribution in [2.45, 2.75) is 72.8 Å². The van der Waals surface area contributed by atoms with Gasteiger partial charge in [-0.15, -0.1) is 0 Å². The summed E-state index contributed by atoms with van der Waals surface area (Å²) in [6.45, 7) is 13.8. The van der Waals surface area contributed by atoms with E-state index in [0.717, 1.165) is 63.4 Å². The van der Waals surface area contributed by atoms with E-state index in [1.807, 2.05) is 19.9 Å². The molecule has 196 valence electrons. The van der Waals surface area contributed by atoms with Crippen molar-refractivity contribution < 1.29 is 4.79 Å². The fourth-order valence-electron chi connectivity index (χ4n) is 4.89. The summed E-state index contributed by atoms with van der Waals surface area (Å²) in [5.74, 6) is 0.743. The van der Waals surface area contributed by atoms with Gasteiger partial charge < -0.3 is 9.80 Å². The van der Waals surface area contributed by atoms with Crippen molar-refractivity contribution in [3.63, 3.8) is 0 Å².